The predicted octanol–water partition coefficient (Wildman–Crippen LogP) is 2.98. The molecule has 1 fully saturated rings. The highest BCUT2D eigenvalue weighted by Gasteiger charge is 2.24. The number of ketones is 1. The second kappa shape index (κ2) is 8.41. The van der Waals surface area contributed by atoms with Crippen molar-refractivity contribution >= 4 is 27.3 Å². The third-order valence-corrected chi connectivity index (χ3v) is 7.10. The second-order valence-corrected chi connectivity index (χ2v) is 9.14. The number of carbonyl (C=O) groups is 1. The first-order chi connectivity index (χ1) is 14.7. The van der Waals surface area contributed by atoms with E-state index in [0.29, 0.717) is 17.2 Å². The van der Waals surface area contributed by atoms with E-state index < -0.39 is 0 Å². The monoisotopic (exact) mass is 424 g/mol. The maximum atomic E-state index is 11.6. The summed E-state index contributed by atoms with van der Waals surface area (Å²) in [5.74, 6) is 2.22. The molecular formula is C23H26N3O3S+. The van der Waals surface area contributed by atoms with Crippen LogP contribution >= 0.6 is 11.3 Å². The Balaban J connectivity index is 1.52. The summed E-state index contributed by atoms with van der Waals surface area (Å²) in [5, 5.41) is 1.08. The van der Waals surface area contributed by atoms with Crippen LogP contribution in [0.25, 0.3) is 10.2 Å². The van der Waals surface area contributed by atoms with Gasteiger partial charge in [-0.1, -0.05) is 0 Å². The number of nitrogens with one attached hydrogen (secondary N) is 1. The maximum absolute atomic E-state index is 11.6. The summed E-state index contributed by atoms with van der Waals surface area (Å²) in [6.45, 7) is 5.88. The number of hydrogen-bond acceptors (Lipinski definition) is 6. The lowest BCUT2D eigenvalue weighted by atomic mass is 9.97. The molecule has 2 aliphatic rings. The Morgan fingerprint density at radius 1 is 1.13 bits per heavy atom. The van der Waals surface area contributed by atoms with Crippen molar-refractivity contribution in [1.29, 1.82) is 0 Å². The highest BCUT2D eigenvalue weighted by Crippen LogP contribution is 2.40. The first-order valence-corrected chi connectivity index (χ1v) is 11.5. The van der Waals surface area contributed by atoms with Crippen molar-refractivity contribution in [1.82, 2.24) is 9.97 Å². The Labute approximate surface area is 179 Å². The summed E-state index contributed by atoms with van der Waals surface area (Å²) in [6, 6.07) is 7.29. The molecule has 2 aromatic heterocycles. The molecule has 0 unspecified atom stereocenters. The molecule has 156 valence electrons. The molecule has 1 N–H and O–H groups in total. The van der Waals surface area contributed by atoms with E-state index >= 15 is 0 Å². The van der Waals surface area contributed by atoms with Gasteiger partial charge >= 0.3 is 0 Å². The third-order valence-electron chi connectivity index (χ3n) is 5.91. The quantitative estimate of drug-likeness (QED) is 0.638. The highest BCUT2D eigenvalue weighted by molar-refractivity contribution is 7.18. The molecule has 6 nitrogen and oxygen atoms in total. The van der Waals surface area contributed by atoms with Gasteiger partial charge in [-0.15, -0.1) is 11.3 Å². The van der Waals surface area contributed by atoms with Crippen LogP contribution in [0.2, 0.25) is 0 Å². The van der Waals surface area contributed by atoms with Crippen LogP contribution in [0.4, 0.5) is 0 Å². The minimum Gasteiger partial charge on any atom is -0.438 e. The average Bonchev–Trinajstić information content (AvgIpc) is 3.13. The number of rotatable bonds is 5. The van der Waals surface area contributed by atoms with E-state index in [-0.39, 0.29) is 5.78 Å². The molecule has 30 heavy (non-hydrogen) atoms. The minimum absolute atomic E-state index is 0.0497. The van der Waals surface area contributed by atoms with E-state index in [1.165, 1.54) is 28.2 Å². The van der Waals surface area contributed by atoms with Crippen molar-refractivity contribution in [2.75, 3.05) is 26.3 Å². The van der Waals surface area contributed by atoms with Crippen LogP contribution in [0.1, 0.15) is 46.4 Å². The summed E-state index contributed by atoms with van der Waals surface area (Å²) in [4.78, 5) is 25.3. The number of aryl methyl sites for hydroxylation is 2. The Kier molecular flexibility index (Phi) is 5.50. The molecule has 3 heterocycles. The van der Waals surface area contributed by atoms with Crippen LogP contribution < -0.4 is 9.64 Å². The van der Waals surface area contributed by atoms with Gasteiger partial charge in [0, 0.05) is 10.4 Å². The zero-order valence-electron chi connectivity index (χ0n) is 17.2. The fourth-order valence-corrected chi connectivity index (χ4v) is 5.52. The Hall–Kier alpha value is -2.35. The number of thiophene rings is 1. The highest BCUT2D eigenvalue weighted by atomic mass is 32.1. The molecule has 1 saturated heterocycles. The number of benzene rings is 1. The summed E-state index contributed by atoms with van der Waals surface area (Å²) < 4.78 is 11.8. The van der Waals surface area contributed by atoms with Gasteiger partial charge in [-0.05, 0) is 62.4 Å². The maximum Gasteiger partial charge on any atom is 0.231 e. The molecule has 1 aromatic carbocycles. The van der Waals surface area contributed by atoms with Gasteiger partial charge in [-0.3, -0.25) is 4.79 Å². The van der Waals surface area contributed by atoms with Crippen LogP contribution in [0, 0.1) is 0 Å². The molecule has 0 radical (unpaired) electrons. The van der Waals surface area contributed by atoms with Crippen molar-refractivity contribution < 1.29 is 19.2 Å². The van der Waals surface area contributed by atoms with E-state index in [2.05, 4.69) is 0 Å². The number of Topliss-reactive ketones (excluding diaryl/α,β-unsaturated/α-hetero) is 1. The van der Waals surface area contributed by atoms with Gasteiger partial charge in [0.25, 0.3) is 0 Å². The van der Waals surface area contributed by atoms with Crippen LogP contribution in [0.5, 0.6) is 11.6 Å². The third kappa shape index (κ3) is 3.97. The standard InChI is InChI=1S/C23H25N3O3S/c1-15(27)16-6-8-17(9-7-16)29-22-21-18-4-2-3-5-19(18)30-23(21)25-20(24-22)14-26-10-12-28-13-11-26/h6-9H,2-5,10-14H2,1H3/p+1. The van der Waals surface area contributed by atoms with Crippen LogP contribution in [-0.4, -0.2) is 42.1 Å². The summed E-state index contributed by atoms with van der Waals surface area (Å²) >= 11 is 1.80. The summed E-state index contributed by atoms with van der Waals surface area (Å²) in [5.41, 5.74) is 2.04. The van der Waals surface area contributed by atoms with Crippen molar-refractivity contribution in [2.24, 2.45) is 0 Å². The van der Waals surface area contributed by atoms with Gasteiger partial charge in [0.1, 0.15) is 30.2 Å². The normalized spacial score (nSPS) is 17.1. The van der Waals surface area contributed by atoms with Crippen LogP contribution in [-0.2, 0) is 24.1 Å². The number of morpholine rings is 1. The summed E-state index contributed by atoms with van der Waals surface area (Å²) in [6.07, 6.45) is 4.62. The Morgan fingerprint density at radius 3 is 2.67 bits per heavy atom. The molecule has 0 bridgehead atoms. The second-order valence-electron chi connectivity index (χ2n) is 8.06. The van der Waals surface area contributed by atoms with Crippen molar-refractivity contribution in [2.45, 2.75) is 39.2 Å². The molecule has 0 spiro atoms. The number of aromatic nitrogens is 2. The fourth-order valence-electron chi connectivity index (χ4n) is 4.25. The fraction of sp³-hybridized carbons (Fsp3) is 0.435. The molecule has 7 heteroatoms. The van der Waals surface area contributed by atoms with E-state index in [0.717, 1.165) is 61.7 Å². The first-order valence-electron chi connectivity index (χ1n) is 10.7. The van der Waals surface area contributed by atoms with Crippen LogP contribution in [0.15, 0.2) is 24.3 Å². The van der Waals surface area contributed by atoms with Gasteiger partial charge in [0.15, 0.2) is 11.6 Å². The van der Waals surface area contributed by atoms with Gasteiger partial charge in [0.05, 0.1) is 18.6 Å². The van der Waals surface area contributed by atoms with E-state index in [1.54, 1.807) is 30.4 Å². The number of carbonyl (C=O) groups excluding carboxylic acids is 1. The van der Waals surface area contributed by atoms with Crippen LogP contribution in [0.3, 0.4) is 0 Å². The van der Waals surface area contributed by atoms with Crippen molar-refractivity contribution in [3.05, 3.63) is 46.1 Å². The van der Waals surface area contributed by atoms with E-state index in [1.807, 2.05) is 12.1 Å². The number of fused-ring (bicyclic) bond motifs is 3. The zero-order valence-corrected chi connectivity index (χ0v) is 18.0. The smallest absolute Gasteiger partial charge is 0.231 e. The molecule has 3 aromatic rings. The van der Waals surface area contributed by atoms with E-state index in [4.69, 9.17) is 19.4 Å². The van der Waals surface area contributed by atoms with Gasteiger partial charge in [0.2, 0.25) is 5.88 Å². The molecule has 1 aliphatic heterocycles. The lowest BCUT2D eigenvalue weighted by molar-refractivity contribution is -0.922. The number of quaternary nitrogens is 1. The lowest BCUT2D eigenvalue weighted by Crippen LogP contribution is -3.12. The first kappa shape index (κ1) is 19.6. The van der Waals surface area contributed by atoms with Crippen molar-refractivity contribution in [3.8, 4) is 11.6 Å². The lowest BCUT2D eigenvalue weighted by Gasteiger charge is -2.23. The number of hydrogen-bond donors (Lipinski definition) is 1. The Morgan fingerprint density at radius 2 is 1.90 bits per heavy atom. The number of nitrogens with zero attached hydrogens (tertiary/aromatic N) is 2. The van der Waals surface area contributed by atoms with Gasteiger partial charge in [-0.2, -0.15) is 4.98 Å². The summed E-state index contributed by atoms with van der Waals surface area (Å²) in [7, 11) is 0. The SMILES string of the molecule is CC(=O)c1ccc(Oc2nc(C[NH+]3CCOCC3)nc3sc4c(c23)CCCC4)cc1. The average molecular weight is 425 g/mol. The molecule has 0 saturated carbocycles. The largest absolute Gasteiger partial charge is 0.438 e. The molecule has 0 amide bonds. The van der Waals surface area contributed by atoms with E-state index in [9.17, 15) is 4.79 Å². The molecule has 1 aliphatic carbocycles. The van der Waals surface area contributed by atoms with Gasteiger partial charge < -0.3 is 14.4 Å². The van der Waals surface area contributed by atoms with Gasteiger partial charge in [-0.25, -0.2) is 4.98 Å². The number of ether oxygens (including phenoxy) is 2. The zero-order chi connectivity index (χ0) is 20.5. The molecule has 0 atom stereocenters. The predicted molar refractivity (Wildman–Crippen MR) is 116 cm³/mol. The van der Waals surface area contributed by atoms with Crippen molar-refractivity contribution in [3.63, 3.8) is 0 Å². The minimum atomic E-state index is 0.0497. The molecular weight excluding hydrogens is 398 g/mol. The molecule has 5 rings (SSSR count). The Bertz CT molecular complexity index is 1070. The topological polar surface area (TPSA) is 65.8 Å².